The standard InChI is InChI=1S/C25H29NO2/c1-4-18-6-8-20(9-7-18)25-26-24(17(3)28-25)14-15-27-22-12-13-23-19(5-2)10-11-21(23)16-22/h6-9,12-13,16,19H,4-5,10-11,14-15H2,1-3H3/t19-/m1/s1. The van der Waals surface area contributed by atoms with E-state index in [1.54, 1.807) is 0 Å². The first-order chi connectivity index (χ1) is 13.7. The number of hydrogen-bond donors (Lipinski definition) is 0. The molecule has 0 saturated carbocycles. The van der Waals surface area contributed by atoms with E-state index in [0.29, 0.717) is 12.5 Å². The molecule has 3 nitrogen and oxygen atoms in total. The van der Waals surface area contributed by atoms with Gasteiger partial charge in [-0.2, -0.15) is 0 Å². The van der Waals surface area contributed by atoms with Crippen LogP contribution in [0.1, 0.15) is 60.8 Å². The number of oxazole rings is 1. The molecular weight excluding hydrogens is 346 g/mol. The topological polar surface area (TPSA) is 35.3 Å². The first-order valence-corrected chi connectivity index (χ1v) is 10.5. The fraction of sp³-hybridized carbons (Fsp3) is 0.400. The van der Waals surface area contributed by atoms with Crippen molar-refractivity contribution in [3.05, 3.63) is 70.6 Å². The highest BCUT2D eigenvalue weighted by Crippen LogP contribution is 2.37. The fourth-order valence-electron chi connectivity index (χ4n) is 4.13. The maximum Gasteiger partial charge on any atom is 0.226 e. The SMILES string of the molecule is CCc1ccc(-c2nc(CCOc3ccc4c(c3)CC[C@H]4CC)c(C)o2)cc1. The summed E-state index contributed by atoms with van der Waals surface area (Å²) in [5, 5.41) is 0. The van der Waals surface area contributed by atoms with E-state index in [1.165, 1.54) is 36.0 Å². The van der Waals surface area contributed by atoms with Crippen molar-refractivity contribution >= 4 is 0 Å². The maximum atomic E-state index is 6.02. The Morgan fingerprint density at radius 2 is 1.93 bits per heavy atom. The van der Waals surface area contributed by atoms with Crippen LogP contribution in [0.15, 0.2) is 46.9 Å². The molecule has 2 aromatic carbocycles. The maximum absolute atomic E-state index is 6.02. The average Bonchev–Trinajstić information content (AvgIpc) is 3.31. The third kappa shape index (κ3) is 3.84. The highest BCUT2D eigenvalue weighted by molar-refractivity contribution is 5.54. The summed E-state index contributed by atoms with van der Waals surface area (Å²) in [4.78, 5) is 4.70. The number of aryl methyl sites for hydroxylation is 3. The second-order valence-corrected chi connectivity index (χ2v) is 7.68. The van der Waals surface area contributed by atoms with Gasteiger partial charge >= 0.3 is 0 Å². The van der Waals surface area contributed by atoms with E-state index in [9.17, 15) is 0 Å². The van der Waals surface area contributed by atoms with Gasteiger partial charge in [-0.25, -0.2) is 4.98 Å². The van der Waals surface area contributed by atoms with Crippen molar-refractivity contribution < 1.29 is 9.15 Å². The van der Waals surface area contributed by atoms with E-state index in [2.05, 4.69) is 56.3 Å². The Labute approximate surface area is 167 Å². The molecule has 0 saturated heterocycles. The monoisotopic (exact) mass is 375 g/mol. The van der Waals surface area contributed by atoms with Gasteiger partial charge in [0, 0.05) is 12.0 Å². The molecule has 0 unspecified atom stereocenters. The van der Waals surface area contributed by atoms with Crippen LogP contribution in [0.25, 0.3) is 11.5 Å². The molecule has 0 radical (unpaired) electrons. The Bertz CT molecular complexity index is 940. The molecule has 1 heterocycles. The summed E-state index contributed by atoms with van der Waals surface area (Å²) in [7, 11) is 0. The van der Waals surface area contributed by atoms with Crippen LogP contribution in [-0.4, -0.2) is 11.6 Å². The number of ether oxygens (including phenoxy) is 1. The van der Waals surface area contributed by atoms with E-state index in [-0.39, 0.29) is 0 Å². The Morgan fingerprint density at radius 1 is 1.11 bits per heavy atom. The molecule has 4 rings (SSSR count). The molecule has 3 aromatic rings. The Balaban J connectivity index is 1.38. The van der Waals surface area contributed by atoms with Crippen LogP contribution in [0, 0.1) is 6.92 Å². The summed E-state index contributed by atoms with van der Waals surface area (Å²) in [6.07, 6.45) is 5.46. The molecule has 1 aromatic heterocycles. The van der Waals surface area contributed by atoms with Crippen molar-refractivity contribution in [2.45, 2.75) is 58.8 Å². The summed E-state index contributed by atoms with van der Waals surface area (Å²) < 4.78 is 11.9. The van der Waals surface area contributed by atoms with Gasteiger partial charge in [0.2, 0.25) is 5.89 Å². The first kappa shape index (κ1) is 18.8. The fourth-order valence-corrected chi connectivity index (χ4v) is 4.13. The predicted molar refractivity (Wildman–Crippen MR) is 113 cm³/mol. The summed E-state index contributed by atoms with van der Waals surface area (Å²) in [5.74, 6) is 3.26. The smallest absolute Gasteiger partial charge is 0.226 e. The van der Waals surface area contributed by atoms with Crippen molar-refractivity contribution in [3.8, 4) is 17.2 Å². The van der Waals surface area contributed by atoms with Gasteiger partial charge in [0.25, 0.3) is 0 Å². The van der Waals surface area contributed by atoms with E-state index < -0.39 is 0 Å². The number of fused-ring (bicyclic) bond motifs is 1. The van der Waals surface area contributed by atoms with Gasteiger partial charge in [-0.15, -0.1) is 0 Å². The third-order valence-electron chi connectivity index (χ3n) is 5.92. The van der Waals surface area contributed by atoms with Gasteiger partial charge in [-0.3, -0.25) is 0 Å². The lowest BCUT2D eigenvalue weighted by Crippen LogP contribution is -2.03. The van der Waals surface area contributed by atoms with Crippen LogP contribution in [0.5, 0.6) is 5.75 Å². The molecule has 28 heavy (non-hydrogen) atoms. The number of hydrogen-bond acceptors (Lipinski definition) is 3. The van der Waals surface area contributed by atoms with Gasteiger partial charge in [-0.1, -0.05) is 32.0 Å². The molecule has 0 spiro atoms. The van der Waals surface area contributed by atoms with Gasteiger partial charge < -0.3 is 9.15 Å². The molecular formula is C25H29NO2. The zero-order chi connectivity index (χ0) is 19.5. The predicted octanol–water partition coefficient (Wildman–Crippen LogP) is 6.27. The number of aromatic nitrogens is 1. The summed E-state index contributed by atoms with van der Waals surface area (Å²) in [5.41, 5.74) is 6.29. The van der Waals surface area contributed by atoms with Crippen molar-refractivity contribution in [3.63, 3.8) is 0 Å². The van der Waals surface area contributed by atoms with Crippen LogP contribution in [0.4, 0.5) is 0 Å². The van der Waals surface area contributed by atoms with Crippen LogP contribution >= 0.6 is 0 Å². The Hall–Kier alpha value is -2.55. The molecule has 1 aliphatic rings. The van der Waals surface area contributed by atoms with Crippen molar-refractivity contribution in [2.75, 3.05) is 6.61 Å². The minimum absolute atomic E-state index is 0.609. The van der Waals surface area contributed by atoms with Crippen molar-refractivity contribution in [1.29, 1.82) is 0 Å². The highest BCUT2D eigenvalue weighted by Gasteiger charge is 2.21. The lowest BCUT2D eigenvalue weighted by atomic mass is 9.99. The summed E-state index contributed by atoms with van der Waals surface area (Å²) in [6.45, 7) is 7.02. The molecule has 0 N–H and O–H groups in total. The Morgan fingerprint density at radius 3 is 2.68 bits per heavy atom. The van der Waals surface area contributed by atoms with E-state index >= 15 is 0 Å². The van der Waals surface area contributed by atoms with Crippen LogP contribution in [0.3, 0.4) is 0 Å². The number of nitrogens with zero attached hydrogens (tertiary/aromatic N) is 1. The zero-order valence-corrected chi connectivity index (χ0v) is 17.1. The average molecular weight is 376 g/mol. The largest absolute Gasteiger partial charge is 0.493 e. The van der Waals surface area contributed by atoms with Crippen molar-refractivity contribution in [1.82, 2.24) is 4.98 Å². The van der Waals surface area contributed by atoms with Gasteiger partial charge in [0.1, 0.15) is 11.5 Å². The Kier molecular flexibility index (Phi) is 5.52. The molecule has 146 valence electrons. The van der Waals surface area contributed by atoms with Gasteiger partial charge in [-0.05, 0) is 79.5 Å². The molecule has 0 amide bonds. The van der Waals surface area contributed by atoms with Gasteiger partial charge in [0.05, 0.1) is 12.3 Å². The minimum Gasteiger partial charge on any atom is -0.493 e. The van der Waals surface area contributed by atoms with Crippen molar-refractivity contribution in [2.24, 2.45) is 0 Å². The number of rotatable bonds is 7. The normalized spacial score (nSPS) is 15.6. The third-order valence-corrected chi connectivity index (χ3v) is 5.92. The summed E-state index contributed by atoms with van der Waals surface area (Å²) >= 11 is 0. The summed E-state index contributed by atoms with van der Waals surface area (Å²) in [6, 6.07) is 15.0. The molecule has 0 aliphatic heterocycles. The molecule has 0 bridgehead atoms. The minimum atomic E-state index is 0.609. The van der Waals surface area contributed by atoms with Crippen LogP contribution < -0.4 is 4.74 Å². The lowest BCUT2D eigenvalue weighted by Gasteiger charge is -2.10. The van der Waals surface area contributed by atoms with Crippen LogP contribution in [0.2, 0.25) is 0 Å². The van der Waals surface area contributed by atoms with Gasteiger partial charge in [0.15, 0.2) is 0 Å². The molecule has 1 aliphatic carbocycles. The first-order valence-electron chi connectivity index (χ1n) is 10.5. The van der Waals surface area contributed by atoms with E-state index in [0.717, 1.165) is 41.5 Å². The van der Waals surface area contributed by atoms with E-state index in [4.69, 9.17) is 14.1 Å². The lowest BCUT2D eigenvalue weighted by molar-refractivity contribution is 0.319. The quantitative estimate of drug-likeness (QED) is 0.488. The molecule has 0 fully saturated rings. The highest BCUT2D eigenvalue weighted by atomic mass is 16.5. The second kappa shape index (κ2) is 8.22. The zero-order valence-electron chi connectivity index (χ0n) is 17.1. The second-order valence-electron chi connectivity index (χ2n) is 7.68. The molecule has 3 heteroatoms. The number of benzene rings is 2. The van der Waals surface area contributed by atoms with E-state index in [1.807, 2.05) is 6.92 Å². The van der Waals surface area contributed by atoms with Crippen LogP contribution in [-0.2, 0) is 19.3 Å². The molecule has 1 atom stereocenters.